The number of ether oxygens (including phenoxy) is 1. The van der Waals surface area contributed by atoms with Crippen LogP contribution in [0, 0.1) is 4.77 Å². The fourth-order valence-electron chi connectivity index (χ4n) is 0.982. The van der Waals surface area contributed by atoms with Crippen molar-refractivity contribution in [3.8, 4) is 0 Å². The molecule has 0 spiro atoms. The van der Waals surface area contributed by atoms with Crippen molar-refractivity contribution in [2.75, 3.05) is 6.61 Å². The third-order valence-corrected chi connectivity index (χ3v) is 1.77. The molecule has 8 heteroatoms. The number of H-pyrrole nitrogens is 2. The summed E-state index contributed by atoms with van der Waals surface area (Å²) in [7, 11) is 0. The number of nitrogens with one attached hydrogen (secondary N) is 3. The third-order valence-electron chi connectivity index (χ3n) is 1.56. The van der Waals surface area contributed by atoms with Gasteiger partial charge < -0.3 is 14.7 Å². The van der Waals surface area contributed by atoms with Crippen LogP contribution in [0.4, 0.5) is 0 Å². The Labute approximate surface area is 90.0 Å². The van der Waals surface area contributed by atoms with Gasteiger partial charge in [0.2, 0.25) is 0 Å². The number of hydrogen-bond acceptors (Lipinski definition) is 5. The van der Waals surface area contributed by atoms with E-state index in [0.717, 1.165) is 0 Å². The van der Waals surface area contributed by atoms with Gasteiger partial charge in [-0.25, -0.2) is 10.6 Å². The Balaban J connectivity index is 3.11. The van der Waals surface area contributed by atoms with Gasteiger partial charge in [-0.2, -0.15) is 0 Å². The molecule has 15 heavy (non-hydrogen) atoms. The number of carbonyl (C=O) groups is 2. The maximum Gasteiger partial charge on any atom is 0.357 e. The zero-order valence-corrected chi connectivity index (χ0v) is 8.73. The van der Waals surface area contributed by atoms with Gasteiger partial charge in [-0.15, -0.1) is 0 Å². The van der Waals surface area contributed by atoms with E-state index in [2.05, 4.69) is 9.97 Å². The van der Waals surface area contributed by atoms with Crippen molar-refractivity contribution >= 4 is 24.1 Å². The van der Waals surface area contributed by atoms with Crippen LogP contribution in [0.2, 0.25) is 0 Å². The number of imidazole rings is 1. The molecule has 0 fully saturated rings. The summed E-state index contributed by atoms with van der Waals surface area (Å²) in [5, 5.41) is 0. The minimum absolute atomic E-state index is 0.0372. The molecule has 1 amide bonds. The highest BCUT2D eigenvalue weighted by Crippen LogP contribution is 2.05. The predicted octanol–water partition coefficient (Wildman–Crippen LogP) is -0.148. The molecular formula is C7H10N4O3S. The van der Waals surface area contributed by atoms with Crippen LogP contribution in [0.3, 0.4) is 0 Å². The second kappa shape index (κ2) is 4.71. The normalized spacial score (nSPS) is 9.73. The topological polar surface area (TPSA) is 113 Å². The molecule has 0 saturated heterocycles. The molecule has 1 rings (SSSR count). The largest absolute Gasteiger partial charge is 0.461 e. The monoisotopic (exact) mass is 230 g/mol. The lowest BCUT2D eigenvalue weighted by molar-refractivity contribution is 0.0516. The van der Waals surface area contributed by atoms with E-state index in [4.69, 9.17) is 22.8 Å². The molecule has 5 N–H and O–H groups in total. The number of amides is 1. The first-order chi connectivity index (χ1) is 7.10. The number of hydrazine groups is 1. The SMILES string of the molecule is CCOC(=O)c1[nH]c(=S)[nH]c1C(=O)NN. The summed E-state index contributed by atoms with van der Waals surface area (Å²) >= 11 is 4.75. The Morgan fingerprint density at radius 2 is 2.07 bits per heavy atom. The fraction of sp³-hybridized carbons (Fsp3) is 0.286. The number of esters is 1. The zero-order chi connectivity index (χ0) is 11.4. The highest BCUT2D eigenvalue weighted by molar-refractivity contribution is 7.71. The fourth-order valence-corrected chi connectivity index (χ4v) is 1.19. The van der Waals surface area contributed by atoms with E-state index in [9.17, 15) is 9.59 Å². The van der Waals surface area contributed by atoms with Crippen LogP contribution in [0.5, 0.6) is 0 Å². The van der Waals surface area contributed by atoms with Gasteiger partial charge in [0.1, 0.15) is 5.69 Å². The van der Waals surface area contributed by atoms with E-state index >= 15 is 0 Å². The van der Waals surface area contributed by atoms with E-state index in [1.165, 1.54) is 0 Å². The van der Waals surface area contributed by atoms with Crippen LogP contribution < -0.4 is 11.3 Å². The zero-order valence-electron chi connectivity index (χ0n) is 7.92. The van der Waals surface area contributed by atoms with Crippen molar-refractivity contribution < 1.29 is 14.3 Å². The van der Waals surface area contributed by atoms with Gasteiger partial charge in [0, 0.05) is 0 Å². The van der Waals surface area contributed by atoms with E-state index < -0.39 is 11.9 Å². The summed E-state index contributed by atoms with van der Waals surface area (Å²) in [5.41, 5.74) is 1.81. The molecule has 1 aromatic rings. The van der Waals surface area contributed by atoms with Crippen molar-refractivity contribution in [1.82, 2.24) is 15.4 Å². The molecule has 0 aliphatic heterocycles. The lowest BCUT2D eigenvalue weighted by atomic mass is 10.3. The lowest BCUT2D eigenvalue weighted by Crippen LogP contribution is -2.31. The Morgan fingerprint density at radius 3 is 2.60 bits per heavy atom. The summed E-state index contributed by atoms with van der Waals surface area (Å²) in [6.07, 6.45) is 0. The van der Waals surface area contributed by atoms with Crippen LogP contribution in [0.25, 0.3) is 0 Å². The summed E-state index contributed by atoms with van der Waals surface area (Å²) in [4.78, 5) is 27.6. The van der Waals surface area contributed by atoms with Gasteiger partial charge in [-0.3, -0.25) is 10.2 Å². The van der Waals surface area contributed by atoms with Crippen molar-refractivity contribution in [3.05, 3.63) is 16.2 Å². The van der Waals surface area contributed by atoms with Crippen LogP contribution in [-0.4, -0.2) is 28.5 Å². The number of carbonyl (C=O) groups excluding carboxylic acids is 2. The number of aromatic amines is 2. The maximum atomic E-state index is 11.4. The average Bonchev–Trinajstić information content (AvgIpc) is 2.59. The van der Waals surface area contributed by atoms with E-state index in [-0.39, 0.29) is 22.8 Å². The smallest absolute Gasteiger partial charge is 0.357 e. The van der Waals surface area contributed by atoms with Crippen LogP contribution in [-0.2, 0) is 4.74 Å². The third kappa shape index (κ3) is 2.42. The summed E-state index contributed by atoms with van der Waals surface area (Å²) in [6, 6.07) is 0. The molecule has 82 valence electrons. The Bertz CT molecular complexity index is 436. The van der Waals surface area contributed by atoms with Crippen molar-refractivity contribution in [2.24, 2.45) is 5.84 Å². The van der Waals surface area contributed by atoms with E-state index in [1.807, 2.05) is 5.43 Å². The van der Waals surface area contributed by atoms with Crippen LogP contribution in [0.15, 0.2) is 0 Å². The highest BCUT2D eigenvalue weighted by Gasteiger charge is 2.20. The van der Waals surface area contributed by atoms with Gasteiger partial charge in [0.25, 0.3) is 5.91 Å². The number of rotatable bonds is 3. The maximum absolute atomic E-state index is 11.4. The average molecular weight is 230 g/mol. The lowest BCUT2D eigenvalue weighted by Gasteiger charge is -2.01. The molecule has 0 bridgehead atoms. The van der Waals surface area contributed by atoms with Gasteiger partial charge in [0.05, 0.1) is 6.61 Å². The molecule has 1 aromatic heterocycles. The van der Waals surface area contributed by atoms with E-state index in [0.29, 0.717) is 0 Å². The minimum Gasteiger partial charge on any atom is -0.461 e. The molecule has 0 atom stereocenters. The minimum atomic E-state index is -0.663. The molecule has 0 aliphatic carbocycles. The Kier molecular flexibility index (Phi) is 3.58. The van der Waals surface area contributed by atoms with E-state index in [1.54, 1.807) is 6.92 Å². The molecular weight excluding hydrogens is 220 g/mol. The molecule has 7 nitrogen and oxygen atoms in total. The highest BCUT2D eigenvalue weighted by atomic mass is 32.1. The first-order valence-corrected chi connectivity index (χ1v) is 4.51. The van der Waals surface area contributed by atoms with Gasteiger partial charge in [0.15, 0.2) is 10.5 Å². The predicted molar refractivity (Wildman–Crippen MR) is 53.6 cm³/mol. The summed E-state index contributed by atoms with van der Waals surface area (Å²) < 4.78 is 4.87. The number of nitrogens with two attached hydrogens (primary N) is 1. The van der Waals surface area contributed by atoms with Gasteiger partial charge in [-0.1, -0.05) is 0 Å². The van der Waals surface area contributed by atoms with Crippen LogP contribution in [0.1, 0.15) is 27.9 Å². The first-order valence-electron chi connectivity index (χ1n) is 4.10. The Hall–Kier alpha value is -1.67. The Morgan fingerprint density at radius 1 is 1.47 bits per heavy atom. The molecule has 1 heterocycles. The molecule has 0 aromatic carbocycles. The summed E-state index contributed by atoms with van der Waals surface area (Å²) in [5.74, 6) is 3.63. The van der Waals surface area contributed by atoms with Crippen LogP contribution >= 0.6 is 12.2 Å². The number of hydrogen-bond donors (Lipinski definition) is 4. The van der Waals surface area contributed by atoms with Crippen molar-refractivity contribution in [3.63, 3.8) is 0 Å². The first kappa shape index (κ1) is 11.4. The standard InChI is InChI=1S/C7H10N4O3S/c1-2-14-6(13)4-3(5(12)11-8)9-7(15)10-4/h2,8H2,1H3,(H,11,12)(H2,9,10,15). The second-order valence-electron chi connectivity index (χ2n) is 2.52. The van der Waals surface area contributed by atoms with Gasteiger partial charge in [-0.05, 0) is 19.1 Å². The second-order valence-corrected chi connectivity index (χ2v) is 2.93. The molecule has 0 saturated carbocycles. The molecule has 0 unspecified atom stereocenters. The van der Waals surface area contributed by atoms with Gasteiger partial charge >= 0.3 is 5.97 Å². The number of aromatic nitrogens is 2. The molecule has 0 aliphatic rings. The quantitative estimate of drug-likeness (QED) is 0.190. The summed E-state index contributed by atoms with van der Waals surface area (Å²) in [6.45, 7) is 1.86. The van der Waals surface area contributed by atoms with Crippen molar-refractivity contribution in [2.45, 2.75) is 6.92 Å². The van der Waals surface area contributed by atoms with Crippen molar-refractivity contribution in [1.29, 1.82) is 0 Å². The number of nitrogen functional groups attached to an aromatic ring is 1. The molecule has 0 radical (unpaired) electrons.